The first-order valence-electron chi connectivity index (χ1n) is 7.85. The Morgan fingerprint density at radius 1 is 1.17 bits per heavy atom. The van der Waals surface area contributed by atoms with Crippen LogP contribution in [0.15, 0.2) is 0 Å². The minimum atomic E-state index is -4.93. The van der Waals surface area contributed by atoms with Gasteiger partial charge in [0.2, 0.25) is 5.91 Å². The molecule has 2 aliphatic rings. The Morgan fingerprint density at radius 3 is 2.52 bits per heavy atom. The fourth-order valence-electron chi connectivity index (χ4n) is 2.90. The van der Waals surface area contributed by atoms with E-state index in [0.29, 0.717) is 37.5 Å². The van der Waals surface area contributed by atoms with Crippen molar-refractivity contribution in [2.45, 2.75) is 31.5 Å². The van der Waals surface area contributed by atoms with Crippen LogP contribution in [0, 0.1) is 0 Å². The quantitative estimate of drug-likeness (QED) is 0.737. The van der Waals surface area contributed by atoms with Crippen LogP contribution >= 0.6 is 0 Å². The summed E-state index contributed by atoms with van der Waals surface area (Å²) in [5.74, 6) is -2.43. The molecule has 0 spiro atoms. The highest BCUT2D eigenvalue weighted by Crippen LogP contribution is 2.25. The number of morpholine rings is 1. The van der Waals surface area contributed by atoms with Crippen LogP contribution < -0.4 is 5.32 Å². The zero-order chi connectivity index (χ0) is 16.9. The number of alkyl halides is 3. The monoisotopic (exact) mass is 337 g/mol. The second kappa shape index (κ2) is 7.96. The third kappa shape index (κ3) is 5.07. The van der Waals surface area contributed by atoms with Gasteiger partial charge in [0.05, 0.1) is 13.2 Å². The third-order valence-electron chi connectivity index (χ3n) is 4.11. The standard InChI is InChI=1S/C14H22F3N3O3/c15-14(16,17)13(22)20-6-1-3-11(20)12(21)18-4-2-5-19-7-9-23-10-8-19/h11H,1-10H2,(H,18,21). The van der Waals surface area contributed by atoms with Crippen molar-refractivity contribution in [3.63, 3.8) is 0 Å². The summed E-state index contributed by atoms with van der Waals surface area (Å²) < 4.78 is 42.8. The van der Waals surface area contributed by atoms with Gasteiger partial charge in [-0.15, -0.1) is 0 Å². The van der Waals surface area contributed by atoms with Crippen molar-refractivity contribution in [1.29, 1.82) is 0 Å². The van der Waals surface area contributed by atoms with E-state index < -0.39 is 24.0 Å². The van der Waals surface area contributed by atoms with Crippen LogP contribution in [0.1, 0.15) is 19.3 Å². The van der Waals surface area contributed by atoms with Gasteiger partial charge >= 0.3 is 12.1 Å². The molecule has 1 atom stereocenters. The normalized spacial score (nSPS) is 23.1. The average molecular weight is 337 g/mol. The molecule has 1 unspecified atom stereocenters. The largest absolute Gasteiger partial charge is 0.471 e. The topological polar surface area (TPSA) is 61.9 Å². The molecule has 1 N–H and O–H groups in total. The van der Waals surface area contributed by atoms with Crippen molar-refractivity contribution in [3.05, 3.63) is 0 Å². The lowest BCUT2D eigenvalue weighted by Crippen LogP contribution is -2.50. The molecule has 2 aliphatic heterocycles. The number of hydrogen-bond acceptors (Lipinski definition) is 4. The summed E-state index contributed by atoms with van der Waals surface area (Å²) in [5, 5.41) is 2.64. The molecular formula is C14H22F3N3O3. The van der Waals surface area contributed by atoms with Gasteiger partial charge in [-0.25, -0.2) is 0 Å². The van der Waals surface area contributed by atoms with Gasteiger partial charge in [-0.3, -0.25) is 14.5 Å². The van der Waals surface area contributed by atoms with E-state index in [1.54, 1.807) is 0 Å². The Hall–Kier alpha value is -1.35. The van der Waals surface area contributed by atoms with Crippen LogP contribution in [0.5, 0.6) is 0 Å². The van der Waals surface area contributed by atoms with E-state index in [2.05, 4.69) is 10.2 Å². The van der Waals surface area contributed by atoms with Crippen LogP contribution in [0.25, 0.3) is 0 Å². The lowest BCUT2D eigenvalue weighted by atomic mass is 10.2. The molecule has 2 heterocycles. The number of carbonyl (C=O) groups is 2. The van der Waals surface area contributed by atoms with E-state index in [0.717, 1.165) is 19.6 Å². The van der Waals surface area contributed by atoms with Crippen molar-refractivity contribution in [2.24, 2.45) is 0 Å². The third-order valence-corrected chi connectivity index (χ3v) is 4.11. The smallest absolute Gasteiger partial charge is 0.379 e. The van der Waals surface area contributed by atoms with Gasteiger partial charge in [-0.2, -0.15) is 13.2 Å². The maximum atomic E-state index is 12.5. The maximum absolute atomic E-state index is 12.5. The van der Waals surface area contributed by atoms with Crippen LogP contribution in [-0.2, 0) is 14.3 Å². The summed E-state index contributed by atoms with van der Waals surface area (Å²) in [4.78, 5) is 26.2. The molecule has 0 radical (unpaired) electrons. The molecule has 0 aromatic carbocycles. The second-order valence-corrected chi connectivity index (χ2v) is 5.75. The Bertz CT molecular complexity index is 425. The number of nitrogens with zero attached hydrogens (tertiary/aromatic N) is 2. The predicted molar refractivity (Wildman–Crippen MR) is 75.7 cm³/mol. The van der Waals surface area contributed by atoms with E-state index in [-0.39, 0.29) is 13.0 Å². The highest BCUT2D eigenvalue weighted by molar-refractivity contribution is 5.90. The Labute approximate surface area is 132 Å². The summed E-state index contributed by atoms with van der Waals surface area (Å²) in [5.41, 5.74) is 0. The van der Waals surface area contributed by atoms with E-state index >= 15 is 0 Å². The molecule has 6 nitrogen and oxygen atoms in total. The summed E-state index contributed by atoms with van der Waals surface area (Å²) in [6, 6.07) is -1.01. The number of carbonyl (C=O) groups excluding carboxylic acids is 2. The maximum Gasteiger partial charge on any atom is 0.471 e. The van der Waals surface area contributed by atoms with E-state index in [1.807, 2.05) is 0 Å². The molecule has 132 valence electrons. The zero-order valence-corrected chi connectivity index (χ0v) is 12.9. The minimum Gasteiger partial charge on any atom is -0.379 e. The number of ether oxygens (including phenoxy) is 1. The van der Waals surface area contributed by atoms with Gasteiger partial charge in [0, 0.05) is 26.2 Å². The number of halogens is 3. The van der Waals surface area contributed by atoms with Crippen LogP contribution in [0.3, 0.4) is 0 Å². The summed E-state index contributed by atoms with van der Waals surface area (Å²) in [7, 11) is 0. The van der Waals surface area contributed by atoms with Crippen molar-refractivity contribution < 1.29 is 27.5 Å². The Kier molecular flexibility index (Phi) is 6.23. The average Bonchev–Trinajstić information content (AvgIpc) is 3.00. The lowest BCUT2D eigenvalue weighted by Gasteiger charge is -2.27. The van der Waals surface area contributed by atoms with Crippen LogP contribution in [-0.4, -0.2) is 79.8 Å². The van der Waals surface area contributed by atoms with Gasteiger partial charge < -0.3 is 15.0 Å². The molecule has 23 heavy (non-hydrogen) atoms. The number of rotatable bonds is 5. The molecule has 0 aliphatic carbocycles. The van der Waals surface area contributed by atoms with Gasteiger partial charge in [0.25, 0.3) is 0 Å². The molecule has 0 aromatic heterocycles. The van der Waals surface area contributed by atoms with E-state index in [9.17, 15) is 22.8 Å². The molecule has 2 amide bonds. The summed E-state index contributed by atoms with van der Waals surface area (Å²) in [6.07, 6.45) is -3.53. The predicted octanol–water partition coefficient (Wildman–Crippen LogP) is 0.378. The van der Waals surface area contributed by atoms with Crippen molar-refractivity contribution in [3.8, 4) is 0 Å². The first kappa shape index (κ1) is 18.0. The molecule has 0 bridgehead atoms. The SMILES string of the molecule is O=C(NCCCN1CCOCC1)C1CCCN1C(=O)C(F)(F)F. The zero-order valence-electron chi connectivity index (χ0n) is 12.9. The van der Waals surface area contributed by atoms with E-state index in [4.69, 9.17) is 4.74 Å². The van der Waals surface area contributed by atoms with Gasteiger partial charge in [0.15, 0.2) is 0 Å². The summed E-state index contributed by atoms with van der Waals surface area (Å²) in [6.45, 7) is 4.27. The van der Waals surface area contributed by atoms with Crippen molar-refractivity contribution >= 4 is 11.8 Å². The van der Waals surface area contributed by atoms with E-state index in [1.165, 1.54) is 0 Å². The molecule has 0 aromatic rings. The molecular weight excluding hydrogens is 315 g/mol. The highest BCUT2D eigenvalue weighted by Gasteiger charge is 2.47. The minimum absolute atomic E-state index is 0.0236. The fraction of sp³-hybridized carbons (Fsp3) is 0.857. The number of nitrogens with one attached hydrogen (secondary N) is 1. The number of hydrogen-bond donors (Lipinski definition) is 1. The lowest BCUT2D eigenvalue weighted by molar-refractivity contribution is -0.186. The molecule has 9 heteroatoms. The van der Waals surface area contributed by atoms with Crippen molar-refractivity contribution in [2.75, 3.05) is 45.9 Å². The van der Waals surface area contributed by atoms with Gasteiger partial charge in [-0.1, -0.05) is 0 Å². The van der Waals surface area contributed by atoms with Gasteiger partial charge in [-0.05, 0) is 25.8 Å². The molecule has 2 fully saturated rings. The first-order valence-corrected chi connectivity index (χ1v) is 7.85. The number of likely N-dealkylation sites (tertiary alicyclic amines) is 1. The fourth-order valence-corrected chi connectivity index (χ4v) is 2.90. The highest BCUT2D eigenvalue weighted by atomic mass is 19.4. The molecule has 2 rings (SSSR count). The van der Waals surface area contributed by atoms with Crippen LogP contribution in [0.2, 0.25) is 0 Å². The van der Waals surface area contributed by atoms with Crippen LogP contribution in [0.4, 0.5) is 13.2 Å². The number of amides is 2. The van der Waals surface area contributed by atoms with Gasteiger partial charge in [0.1, 0.15) is 6.04 Å². The Balaban J connectivity index is 1.72. The first-order chi connectivity index (χ1) is 10.9. The summed E-state index contributed by atoms with van der Waals surface area (Å²) >= 11 is 0. The van der Waals surface area contributed by atoms with Crippen molar-refractivity contribution in [1.82, 2.24) is 15.1 Å². The molecule has 0 saturated carbocycles. The molecule has 2 saturated heterocycles. The second-order valence-electron chi connectivity index (χ2n) is 5.75. The Morgan fingerprint density at radius 2 is 1.87 bits per heavy atom.